The summed E-state index contributed by atoms with van der Waals surface area (Å²) in [6.07, 6.45) is 0. The summed E-state index contributed by atoms with van der Waals surface area (Å²) >= 11 is 1.16. The number of amides is 2. The van der Waals surface area contributed by atoms with E-state index >= 15 is 0 Å². The van der Waals surface area contributed by atoms with Crippen molar-refractivity contribution in [3.05, 3.63) is 35.9 Å². The van der Waals surface area contributed by atoms with Crippen molar-refractivity contribution in [1.82, 2.24) is 10.2 Å². The Labute approximate surface area is 216 Å². The fraction of sp³-hybridized carbons (Fsp3) is 0.438. The number of nitrogens with one attached hydrogen (secondary N) is 1. The predicted octanol–water partition coefficient (Wildman–Crippen LogP) is -7.42. The fourth-order valence-corrected chi connectivity index (χ4v) is 5.87. The van der Waals surface area contributed by atoms with E-state index in [9.17, 15) is 32.5 Å². The van der Waals surface area contributed by atoms with Crippen molar-refractivity contribution in [3.63, 3.8) is 0 Å². The molecule has 0 bridgehead atoms. The van der Waals surface area contributed by atoms with E-state index in [2.05, 4.69) is 5.32 Å². The van der Waals surface area contributed by atoms with Crippen LogP contribution in [-0.4, -0.2) is 57.9 Å². The number of aliphatic carboxylic acids is 1. The Morgan fingerprint density at radius 1 is 1.21 bits per heavy atom. The minimum atomic E-state index is -5.03. The van der Waals surface area contributed by atoms with Gasteiger partial charge in [-0.3, -0.25) is 9.59 Å². The van der Waals surface area contributed by atoms with Crippen molar-refractivity contribution in [2.45, 2.75) is 41.3 Å². The van der Waals surface area contributed by atoms with Gasteiger partial charge < -0.3 is 24.7 Å². The van der Waals surface area contributed by atoms with Gasteiger partial charge in [0, 0.05) is 4.75 Å². The van der Waals surface area contributed by atoms with Gasteiger partial charge in [-0.1, -0.05) is 30.3 Å². The van der Waals surface area contributed by atoms with E-state index in [0.717, 1.165) is 16.7 Å². The molecule has 9 nitrogen and oxygen atoms in total. The van der Waals surface area contributed by atoms with E-state index in [1.54, 1.807) is 19.9 Å². The zero-order valence-electron chi connectivity index (χ0n) is 16.3. The third kappa shape index (κ3) is 5.04. The Kier molecular flexibility index (Phi) is 8.89. The van der Waals surface area contributed by atoms with E-state index in [1.165, 1.54) is 24.3 Å². The van der Waals surface area contributed by atoms with Crippen LogP contribution in [0.4, 0.5) is 0 Å². The molecule has 146 valence electrons. The Balaban J connectivity index is 0.00000210. The number of carboxylic acid groups (broad SMARTS) is 1. The zero-order valence-corrected chi connectivity index (χ0v) is 22.0. The van der Waals surface area contributed by atoms with Crippen LogP contribution in [0.15, 0.2) is 30.3 Å². The summed E-state index contributed by atoms with van der Waals surface area (Å²) in [5.74, 6) is -3.18. The van der Waals surface area contributed by atoms with Crippen molar-refractivity contribution < 1.29 is 91.6 Å². The Morgan fingerprint density at radius 3 is 2.24 bits per heavy atom. The number of carbonyl (C=O) groups excluding carboxylic acids is 3. The summed E-state index contributed by atoms with van der Waals surface area (Å²) in [7, 11) is -5.03. The summed E-state index contributed by atoms with van der Waals surface area (Å²) < 4.78 is 34.0. The molecule has 2 aliphatic heterocycles. The average molecular weight is 458 g/mol. The van der Waals surface area contributed by atoms with Gasteiger partial charge in [0.1, 0.15) is 21.5 Å². The molecule has 13 heteroatoms. The number of rotatable bonds is 5. The standard InChI is InChI=1S/C16H18N2O7S2.2Na/c1-16(2)11(15(21)22)18-13(20)9(14(18)26-16)17-12(19)10(27(23,24)25)8-6-4-3-5-7-8;;/h3-7,9-11,14H,1-2H3,(H,17,19)(H,21,22)(H,23,24,25);;/q;2*+1/p-2/t9-,10?,11+,14-;;/m1../s1. The summed E-state index contributed by atoms with van der Waals surface area (Å²) in [4.78, 5) is 37.4. The van der Waals surface area contributed by atoms with Gasteiger partial charge in [0.25, 0.3) is 0 Å². The summed E-state index contributed by atoms with van der Waals surface area (Å²) in [5.41, 5.74) is -0.0133. The molecule has 3 rings (SSSR count). The van der Waals surface area contributed by atoms with Crippen LogP contribution >= 0.6 is 11.8 Å². The quantitative estimate of drug-likeness (QED) is 0.260. The number of β-lactam (4-membered cyclic amide) rings is 1. The third-order valence-electron chi connectivity index (χ3n) is 4.59. The summed E-state index contributed by atoms with van der Waals surface area (Å²) in [5, 5.41) is 11.0. The zero-order chi connectivity index (χ0) is 20.1. The Morgan fingerprint density at radius 2 is 1.76 bits per heavy atom. The molecule has 1 aromatic carbocycles. The smallest absolute Gasteiger partial charge is 0.747 e. The SMILES string of the molecule is CC1(C)S[C@@H]2[C@H](NC(=O)C(c3ccccc3)S(=O)(=O)[O-])C(=O)N2[C@H]1C(=O)[O-].[Na+].[Na+]. The van der Waals surface area contributed by atoms with Gasteiger partial charge in [0.15, 0.2) is 5.25 Å². The van der Waals surface area contributed by atoms with Gasteiger partial charge in [-0.25, -0.2) is 8.42 Å². The maximum absolute atomic E-state index is 12.5. The molecule has 0 aliphatic carbocycles. The first-order valence-corrected chi connectivity index (χ1v) is 10.3. The van der Waals surface area contributed by atoms with E-state index in [-0.39, 0.29) is 64.7 Å². The van der Waals surface area contributed by atoms with Gasteiger partial charge >= 0.3 is 59.1 Å². The van der Waals surface area contributed by atoms with Crippen LogP contribution in [0.2, 0.25) is 0 Å². The average Bonchev–Trinajstić information content (AvgIpc) is 2.81. The molecule has 4 atom stereocenters. The van der Waals surface area contributed by atoms with E-state index in [0.29, 0.717) is 0 Å². The molecule has 2 aliphatic rings. The normalized spacial score (nSPS) is 25.6. The van der Waals surface area contributed by atoms with Gasteiger partial charge in [-0.15, -0.1) is 11.8 Å². The van der Waals surface area contributed by atoms with Crippen LogP contribution in [0.1, 0.15) is 24.7 Å². The topological polar surface area (TPSA) is 147 Å². The second-order valence-electron chi connectivity index (χ2n) is 6.85. The number of fused-ring (bicyclic) bond motifs is 1. The number of carbonyl (C=O) groups is 3. The molecule has 1 unspecified atom stereocenters. The molecule has 0 aromatic heterocycles. The van der Waals surface area contributed by atoms with Gasteiger partial charge in [0.2, 0.25) is 11.8 Å². The minimum absolute atomic E-state index is 0. The maximum atomic E-state index is 12.5. The second-order valence-corrected chi connectivity index (χ2v) is 10.1. The number of hydrogen-bond donors (Lipinski definition) is 1. The van der Waals surface area contributed by atoms with Crippen LogP contribution in [0.25, 0.3) is 0 Å². The molecule has 0 radical (unpaired) electrons. The molecule has 0 spiro atoms. The molecular weight excluding hydrogens is 442 g/mol. The van der Waals surface area contributed by atoms with Crippen molar-refractivity contribution in [1.29, 1.82) is 0 Å². The molecule has 2 amide bonds. The third-order valence-corrected chi connectivity index (χ3v) is 7.23. The number of thioether (sulfide) groups is 1. The van der Waals surface area contributed by atoms with Crippen LogP contribution in [0.3, 0.4) is 0 Å². The number of carboxylic acids is 1. The molecule has 2 fully saturated rings. The Hall–Kier alpha value is -0.110. The minimum Gasteiger partial charge on any atom is -0.747 e. The number of benzene rings is 1. The fourth-order valence-electron chi connectivity index (χ4n) is 3.43. The van der Waals surface area contributed by atoms with Crippen LogP contribution in [-0.2, 0) is 24.5 Å². The van der Waals surface area contributed by atoms with E-state index < -0.39 is 55.4 Å². The molecule has 2 heterocycles. The summed E-state index contributed by atoms with van der Waals surface area (Å²) in [6, 6.07) is 4.94. The summed E-state index contributed by atoms with van der Waals surface area (Å²) in [6.45, 7) is 3.27. The van der Waals surface area contributed by atoms with Crippen molar-refractivity contribution in [2.24, 2.45) is 0 Å². The Bertz CT molecular complexity index is 911. The van der Waals surface area contributed by atoms with Gasteiger partial charge in [-0.2, -0.15) is 0 Å². The number of hydrogen-bond acceptors (Lipinski definition) is 8. The molecular formula is C16H16N2Na2O7S2. The van der Waals surface area contributed by atoms with Crippen molar-refractivity contribution >= 4 is 39.7 Å². The van der Waals surface area contributed by atoms with Crippen molar-refractivity contribution in [2.75, 3.05) is 0 Å². The van der Waals surface area contributed by atoms with E-state index in [1.807, 2.05) is 0 Å². The van der Waals surface area contributed by atoms with Crippen LogP contribution < -0.4 is 69.5 Å². The molecule has 1 aromatic rings. The second kappa shape index (κ2) is 9.58. The maximum Gasteiger partial charge on any atom is 1.00 e. The molecule has 1 N–H and O–H groups in total. The molecule has 2 saturated heterocycles. The largest absolute Gasteiger partial charge is 1.00 e. The van der Waals surface area contributed by atoms with Crippen LogP contribution in [0, 0.1) is 0 Å². The number of nitrogens with zero attached hydrogens (tertiary/aromatic N) is 1. The van der Waals surface area contributed by atoms with Gasteiger partial charge in [-0.05, 0) is 19.4 Å². The monoisotopic (exact) mass is 458 g/mol. The first-order valence-electron chi connectivity index (χ1n) is 7.96. The first kappa shape index (κ1) is 26.9. The predicted molar refractivity (Wildman–Crippen MR) is 91.9 cm³/mol. The van der Waals surface area contributed by atoms with E-state index in [4.69, 9.17) is 0 Å². The molecule has 29 heavy (non-hydrogen) atoms. The molecule has 0 saturated carbocycles. The first-order chi connectivity index (χ1) is 12.4. The van der Waals surface area contributed by atoms with Crippen LogP contribution in [0.5, 0.6) is 0 Å². The van der Waals surface area contributed by atoms with Crippen molar-refractivity contribution in [3.8, 4) is 0 Å². The van der Waals surface area contributed by atoms with Gasteiger partial charge in [0.05, 0.1) is 12.0 Å².